The van der Waals surface area contributed by atoms with Gasteiger partial charge in [0.15, 0.2) is 0 Å². The van der Waals surface area contributed by atoms with Crippen molar-refractivity contribution in [1.82, 2.24) is 9.80 Å². The first-order valence-electron chi connectivity index (χ1n) is 9.51. The molecule has 2 saturated heterocycles. The van der Waals surface area contributed by atoms with Crippen LogP contribution in [0.4, 0.5) is 0 Å². The Labute approximate surface area is 131 Å². The van der Waals surface area contributed by atoms with Gasteiger partial charge in [0.25, 0.3) is 0 Å². The summed E-state index contributed by atoms with van der Waals surface area (Å²) in [6.07, 6.45) is 13.6. The largest absolute Gasteiger partial charge is 0.305 e. The van der Waals surface area contributed by atoms with Gasteiger partial charge in [-0.25, -0.2) is 0 Å². The van der Waals surface area contributed by atoms with Crippen LogP contribution in [0.1, 0.15) is 64.7 Å². The second kappa shape index (κ2) is 5.23. The van der Waals surface area contributed by atoms with Crippen LogP contribution in [-0.2, 0) is 0 Å². The van der Waals surface area contributed by atoms with Crippen LogP contribution in [0.3, 0.4) is 0 Å². The van der Waals surface area contributed by atoms with Crippen molar-refractivity contribution in [1.29, 1.82) is 0 Å². The van der Waals surface area contributed by atoms with Gasteiger partial charge in [-0.2, -0.15) is 0 Å². The van der Waals surface area contributed by atoms with E-state index in [9.17, 15) is 0 Å². The Morgan fingerprint density at radius 3 is 2.29 bits per heavy atom. The summed E-state index contributed by atoms with van der Waals surface area (Å²) < 4.78 is 0. The molecule has 0 bridgehead atoms. The average molecular weight is 290 g/mol. The van der Waals surface area contributed by atoms with E-state index < -0.39 is 0 Å². The Morgan fingerprint density at radius 2 is 1.62 bits per heavy atom. The van der Waals surface area contributed by atoms with E-state index in [-0.39, 0.29) is 0 Å². The van der Waals surface area contributed by atoms with Gasteiger partial charge in [0.2, 0.25) is 0 Å². The molecule has 2 nitrogen and oxygen atoms in total. The van der Waals surface area contributed by atoms with Crippen LogP contribution < -0.4 is 0 Å². The maximum atomic E-state index is 2.81. The third-order valence-electron chi connectivity index (χ3n) is 7.29. The Morgan fingerprint density at radius 1 is 0.952 bits per heavy atom. The zero-order valence-electron chi connectivity index (χ0n) is 14.2. The summed E-state index contributed by atoms with van der Waals surface area (Å²) in [5.41, 5.74) is 1.51. The van der Waals surface area contributed by atoms with Crippen molar-refractivity contribution in [2.24, 2.45) is 16.7 Å². The molecule has 2 heterocycles. The molecular formula is C19H34N2. The van der Waals surface area contributed by atoms with E-state index >= 15 is 0 Å². The van der Waals surface area contributed by atoms with Crippen LogP contribution in [0.25, 0.3) is 0 Å². The first kappa shape index (κ1) is 14.5. The van der Waals surface area contributed by atoms with Crippen LogP contribution in [-0.4, -0.2) is 49.1 Å². The van der Waals surface area contributed by atoms with Gasteiger partial charge in [-0.1, -0.05) is 25.7 Å². The van der Waals surface area contributed by atoms with Gasteiger partial charge < -0.3 is 4.90 Å². The zero-order chi connectivity index (χ0) is 14.5. The summed E-state index contributed by atoms with van der Waals surface area (Å²) in [6.45, 7) is 8.12. The van der Waals surface area contributed by atoms with E-state index in [4.69, 9.17) is 0 Å². The van der Waals surface area contributed by atoms with Crippen LogP contribution >= 0.6 is 0 Å². The van der Waals surface area contributed by atoms with Crippen molar-refractivity contribution >= 4 is 0 Å². The minimum absolute atomic E-state index is 0.735. The normalized spacial score (nSPS) is 36.6. The number of nitrogens with zero attached hydrogens (tertiary/aromatic N) is 2. The smallest absolute Gasteiger partial charge is 0.00700 e. The highest BCUT2D eigenvalue weighted by molar-refractivity contribution is 5.01. The molecule has 120 valence electrons. The van der Waals surface area contributed by atoms with Crippen LogP contribution in [0.15, 0.2) is 0 Å². The second-order valence-electron chi connectivity index (χ2n) is 9.33. The summed E-state index contributed by atoms with van der Waals surface area (Å²) in [4.78, 5) is 5.32. The Kier molecular flexibility index (Phi) is 3.61. The standard InChI is InChI=1S/C19H34N2/c1-16(21-14-18(15-21)7-3-4-8-18)10-17-6-5-9-19(11-17)12-20(2)13-19/h16-17H,3-15H2,1-2H3. The molecule has 0 radical (unpaired) electrons. The third-order valence-corrected chi connectivity index (χ3v) is 7.29. The molecule has 2 saturated carbocycles. The number of hydrogen-bond acceptors (Lipinski definition) is 2. The topological polar surface area (TPSA) is 6.48 Å². The van der Waals surface area contributed by atoms with Crippen molar-refractivity contribution in [3.63, 3.8) is 0 Å². The van der Waals surface area contributed by atoms with Gasteiger partial charge in [-0.15, -0.1) is 0 Å². The minimum atomic E-state index is 0.735. The Hall–Kier alpha value is -0.0800. The SMILES string of the molecule is CC(CC1CCCC2(C1)CN(C)C2)N1CC2(CCCC2)C1. The van der Waals surface area contributed by atoms with Crippen LogP contribution in [0.2, 0.25) is 0 Å². The Balaban J connectivity index is 1.26. The summed E-state index contributed by atoms with van der Waals surface area (Å²) in [5, 5.41) is 0. The predicted octanol–water partition coefficient (Wildman–Crippen LogP) is 3.76. The fraction of sp³-hybridized carbons (Fsp3) is 1.00. The van der Waals surface area contributed by atoms with Gasteiger partial charge in [0, 0.05) is 32.2 Å². The molecular weight excluding hydrogens is 256 g/mol. The summed E-state index contributed by atoms with van der Waals surface area (Å²) in [6, 6.07) is 0.842. The zero-order valence-corrected chi connectivity index (χ0v) is 14.2. The monoisotopic (exact) mass is 290 g/mol. The maximum Gasteiger partial charge on any atom is 0.00700 e. The summed E-state index contributed by atoms with van der Waals surface area (Å²) >= 11 is 0. The van der Waals surface area contributed by atoms with E-state index in [0.29, 0.717) is 0 Å². The molecule has 2 spiro atoms. The lowest BCUT2D eigenvalue weighted by molar-refractivity contribution is -0.0510. The number of likely N-dealkylation sites (tertiary alicyclic amines) is 2. The van der Waals surface area contributed by atoms with Crippen LogP contribution in [0.5, 0.6) is 0 Å². The molecule has 2 aliphatic carbocycles. The van der Waals surface area contributed by atoms with Gasteiger partial charge in [0.1, 0.15) is 0 Å². The molecule has 4 aliphatic rings. The maximum absolute atomic E-state index is 2.81. The van der Waals surface area contributed by atoms with E-state index in [2.05, 4.69) is 23.8 Å². The summed E-state index contributed by atoms with van der Waals surface area (Å²) in [7, 11) is 2.29. The molecule has 0 N–H and O–H groups in total. The average Bonchev–Trinajstić information content (AvgIpc) is 2.85. The van der Waals surface area contributed by atoms with Crippen molar-refractivity contribution in [3.05, 3.63) is 0 Å². The number of hydrogen-bond donors (Lipinski definition) is 0. The van der Waals surface area contributed by atoms with E-state index in [1.165, 1.54) is 84.0 Å². The van der Waals surface area contributed by atoms with Crippen molar-refractivity contribution in [2.75, 3.05) is 33.2 Å². The highest BCUT2D eigenvalue weighted by atomic mass is 15.2. The van der Waals surface area contributed by atoms with Gasteiger partial charge in [-0.3, -0.25) is 4.90 Å². The number of rotatable bonds is 3. The van der Waals surface area contributed by atoms with Gasteiger partial charge in [-0.05, 0) is 62.8 Å². The van der Waals surface area contributed by atoms with Gasteiger partial charge in [0.05, 0.1) is 0 Å². The molecule has 0 aromatic rings. The Bertz CT molecular complexity index is 366. The minimum Gasteiger partial charge on any atom is -0.305 e. The predicted molar refractivity (Wildman–Crippen MR) is 88.4 cm³/mol. The quantitative estimate of drug-likeness (QED) is 0.781. The molecule has 2 atom stereocenters. The molecule has 0 aromatic carbocycles. The molecule has 2 unspecified atom stereocenters. The highest BCUT2D eigenvalue weighted by Crippen LogP contribution is 2.49. The molecule has 4 rings (SSSR count). The lowest BCUT2D eigenvalue weighted by atomic mass is 9.64. The van der Waals surface area contributed by atoms with Crippen molar-refractivity contribution in [2.45, 2.75) is 70.8 Å². The van der Waals surface area contributed by atoms with E-state index in [1.54, 1.807) is 0 Å². The molecule has 21 heavy (non-hydrogen) atoms. The fourth-order valence-electron chi connectivity index (χ4n) is 6.37. The molecule has 2 heteroatoms. The summed E-state index contributed by atoms with van der Waals surface area (Å²) in [5.74, 6) is 1.02. The molecule has 0 amide bonds. The van der Waals surface area contributed by atoms with E-state index in [1.807, 2.05) is 0 Å². The first-order chi connectivity index (χ1) is 10.1. The molecule has 4 fully saturated rings. The lowest BCUT2D eigenvalue weighted by Gasteiger charge is -2.55. The fourth-order valence-corrected chi connectivity index (χ4v) is 6.37. The molecule has 2 aliphatic heterocycles. The lowest BCUT2D eigenvalue weighted by Crippen LogP contribution is -2.59. The third kappa shape index (κ3) is 2.67. The highest BCUT2D eigenvalue weighted by Gasteiger charge is 2.47. The molecule has 0 aromatic heterocycles. The first-order valence-corrected chi connectivity index (χ1v) is 9.51. The van der Waals surface area contributed by atoms with Gasteiger partial charge >= 0.3 is 0 Å². The van der Waals surface area contributed by atoms with Crippen molar-refractivity contribution < 1.29 is 0 Å². The van der Waals surface area contributed by atoms with E-state index in [0.717, 1.165) is 22.8 Å². The second-order valence-corrected chi connectivity index (χ2v) is 9.33. The van der Waals surface area contributed by atoms with Crippen molar-refractivity contribution in [3.8, 4) is 0 Å². The van der Waals surface area contributed by atoms with Crippen LogP contribution in [0, 0.1) is 16.7 Å².